The fourth-order valence-corrected chi connectivity index (χ4v) is 3.61. The number of benzene rings is 1. The van der Waals surface area contributed by atoms with Gasteiger partial charge in [-0.2, -0.15) is 0 Å². The number of nitrogens with zero attached hydrogens (tertiary/aromatic N) is 7. The number of carbonyl (C=O) groups excluding carboxylic acids is 1. The molecule has 2 N–H and O–H groups in total. The number of aliphatic carboxylic acids is 1. The fraction of sp³-hybridized carbons (Fsp3) is 0.227. The van der Waals surface area contributed by atoms with Crippen molar-refractivity contribution in [3.05, 3.63) is 65.5 Å². The Labute approximate surface area is 192 Å². The summed E-state index contributed by atoms with van der Waals surface area (Å²) >= 11 is 0. The summed E-state index contributed by atoms with van der Waals surface area (Å²) < 4.78 is 17.6. The van der Waals surface area contributed by atoms with Crippen LogP contribution in [0.2, 0.25) is 0 Å². The van der Waals surface area contributed by atoms with Crippen molar-refractivity contribution >= 4 is 17.7 Å². The van der Waals surface area contributed by atoms with Crippen molar-refractivity contribution in [3.8, 4) is 17.2 Å². The van der Waals surface area contributed by atoms with Gasteiger partial charge in [0.15, 0.2) is 0 Å². The van der Waals surface area contributed by atoms with Gasteiger partial charge in [0.1, 0.15) is 23.9 Å². The van der Waals surface area contributed by atoms with Gasteiger partial charge in [-0.3, -0.25) is 9.59 Å². The van der Waals surface area contributed by atoms with Gasteiger partial charge < -0.3 is 15.0 Å². The Morgan fingerprint density at radius 3 is 2.85 bits per heavy atom. The fourth-order valence-electron chi connectivity index (χ4n) is 3.61. The van der Waals surface area contributed by atoms with Crippen molar-refractivity contribution < 1.29 is 19.1 Å². The van der Waals surface area contributed by atoms with Gasteiger partial charge in [0.25, 0.3) is 5.91 Å². The van der Waals surface area contributed by atoms with E-state index in [0.717, 1.165) is 23.2 Å². The molecule has 34 heavy (non-hydrogen) atoms. The predicted octanol–water partition coefficient (Wildman–Crippen LogP) is 2.58. The average Bonchev–Trinajstić information content (AvgIpc) is 3.34. The first-order valence-corrected chi connectivity index (χ1v) is 10.5. The third-order valence-electron chi connectivity index (χ3n) is 5.44. The molecule has 1 aliphatic carbocycles. The molecule has 0 spiro atoms. The van der Waals surface area contributed by atoms with E-state index in [0.29, 0.717) is 17.2 Å². The molecule has 0 unspecified atom stereocenters. The number of aromatic nitrogens is 7. The highest BCUT2D eigenvalue weighted by atomic mass is 19.1. The van der Waals surface area contributed by atoms with Gasteiger partial charge >= 0.3 is 5.97 Å². The molecule has 0 radical (unpaired) electrons. The monoisotopic (exact) mass is 462 g/mol. The summed E-state index contributed by atoms with van der Waals surface area (Å²) in [6, 6.07) is 7.48. The first-order chi connectivity index (χ1) is 16.4. The van der Waals surface area contributed by atoms with Gasteiger partial charge in [-0.15, -0.1) is 5.10 Å². The number of tetrazole rings is 1. The Balaban J connectivity index is 1.41. The molecule has 0 aliphatic heterocycles. The molecule has 0 saturated heterocycles. The molecule has 0 bridgehead atoms. The Kier molecular flexibility index (Phi) is 5.32. The van der Waals surface area contributed by atoms with Crippen molar-refractivity contribution in [2.75, 3.05) is 5.32 Å². The van der Waals surface area contributed by atoms with Crippen LogP contribution in [-0.4, -0.2) is 51.7 Å². The zero-order valence-corrected chi connectivity index (χ0v) is 18.0. The van der Waals surface area contributed by atoms with Crippen LogP contribution in [0.4, 0.5) is 10.2 Å². The maximum absolute atomic E-state index is 14.7. The van der Waals surface area contributed by atoms with Crippen LogP contribution in [0.1, 0.15) is 40.4 Å². The lowest BCUT2D eigenvalue weighted by Gasteiger charge is -2.12. The molecule has 1 saturated carbocycles. The number of imidazole rings is 1. The Morgan fingerprint density at radius 2 is 2.09 bits per heavy atom. The quantitative estimate of drug-likeness (QED) is 0.427. The second-order valence-corrected chi connectivity index (χ2v) is 8.01. The maximum atomic E-state index is 14.7. The number of hydrogen-bond donors (Lipinski definition) is 2. The lowest BCUT2D eigenvalue weighted by molar-refractivity contribution is -0.137. The van der Waals surface area contributed by atoms with Crippen LogP contribution < -0.4 is 5.32 Å². The normalized spacial score (nSPS) is 13.1. The van der Waals surface area contributed by atoms with Gasteiger partial charge in [-0.1, -0.05) is 6.07 Å². The van der Waals surface area contributed by atoms with Crippen molar-refractivity contribution in [3.63, 3.8) is 0 Å². The molecular formula is C22H19FN8O3. The maximum Gasteiger partial charge on any atom is 0.325 e. The Hall–Kier alpha value is -4.48. The zero-order chi connectivity index (χ0) is 23.8. The second kappa shape index (κ2) is 8.46. The van der Waals surface area contributed by atoms with Crippen LogP contribution in [0.5, 0.6) is 0 Å². The highest BCUT2D eigenvalue weighted by molar-refractivity contribution is 6.04. The Morgan fingerprint density at radius 1 is 1.26 bits per heavy atom. The van der Waals surface area contributed by atoms with E-state index in [1.165, 1.54) is 18.2 Å². The number of halogens is 1. The summed E-state index contributed by atoms with van der Waals surface area (Å²) in [7, 11) is 0. The van der Waals surface area contributed by atoms with Crippen LogP contribution in [-0.2, 0) is 11.3 Å². The van der Waals surface area contributed by atoms with Crippen LogP contribution in [0.15, 0.2) is 42.9 Å². The van der Waals surface area contributed by atoms with Crippen LogP contribution in [0, 0.1) is 12.7 Å². The summed E-state index contributed by atoms with van der Waals surface area (Å²) in [5.74, 6) is -1.74. The molecule has 3 heterocycles. The number of amides is 1. The van der Waals surface area contributed by atoms with E-state index < -0.39 is 24.2 Å². The minimum absolute atomic E-state index is 0.119. The van der Waals surface area contributed by atoms with Gasteiger partial charge in [0.2, 0.25) is 5.82 Å². The zero-order valence-electron chi connectivity index (χ0n) is 18.0. The SMILES string of the molecule is Cc1cc(F)c(C(=O)Nc2cccc(-c3nnnn3CC(=O)O)n2)cc1-n1cnc(C2CC2)c1. The highest BCUT2D eigenvalue weighted by Gasteiger charge is 2.26. The molecule has 1 amide bonds. The van der Waals surface area contributed by atoms with E-state index in [1.54, 1.807) is 30.0 Å². The molecule has 12 heteroatoms. The molecule has 1 aromatic carbocycles. The molecule has 1 fully saturated rings. The van der Waals surface area contributed by atoms with Gasteiger partial charge in [0, 0.05) is 12.1 Å². The molecule has 4 aromatic rings. The number of carbonyl (C=O) groups is 2. The largest absolute Gasteiger partial charge is 0.480 e. The van der Waals surface area contributed by atoms with Crippen LogP contribution in [0.3, 0.4) is 0 Å². The van der Waals surface area contributed by atoms with Crippen LogP contribution >= 0.6 is 0 Å². The number of carboxylic acids is 1. The van der Waals surface area contributed by atoms with Gasteiger partial charge in [-0.25, -0.2) is 19.0 Å². The molecular weight excluding hydrogens is 443 g/mol. The number of rotatable bonds is 7. The highest BCUT2D eigenvalue weighted by Crippen LogP contribution is 2.39. The van der Waals surface area contributed by atoms with E-state index in [2.05, 4.69) is 30.8 Å². The van der Waals surface area contributed by atoms with Crippen molar-refractivity contribution in [1.29, 1.82) is 0 Å². The smallest absolute Gasteiger partial charge is 0.325 e. The lowest BCUT2D eigenvalue weighted by Crippen LogP contribution is -2.16. The van der Waals surface area contributed by atoms with E-state index in [1.807, 2.05) is 6.20 Å². The van der Waals surface area contributed by atoms with E-state index in [4.69, 9.17) is 5.11 Å². The summed E-state index contributed by atoms with van der Waals surface area (Å²) in [6.45, 7) is 1.32. The van der Waals surface area contributed by atoms with Gasteiger partial charge in [0.05, 0.1) is 23.3 Å². The molecule has 0 atom stereocenters. The summed E-state index contributed by atoms with van der Waals surface area (Å²) in [4.78, 5) is 32.6. The summed E-state index contributed by atoms with van der Waals surface area (Å²) in [5, 5.41) is 22.5. The van der Waals surface area contributed by atoms with E-state index in [-0.39, 0.29) is 22.9 Å². The number of anilines is 1. The predicted molar refractivity (Wildman–Crippen MR) is 117 cm³/mol. The summed E-state index contributed by atoms with van der Waals surface area (Å²) in [6.07, 6.45) is 5.80. The average molecular weight is 462 g/mol. The van der Waals surface area contributed by atoms with E-state index in [9.17, 15) is 14.0 Å². The minimum atomic E-state index is -1.12. The molecule has 172 valence electrons. The second-order valence-electron chi connectivity index (χ2n) is 8.01. The third kappa shape index (κ3) is 4.25. The number of carboxylic acid groups (broad SMARTS) is 1. The van der Waals surface area contributed by atoms with Crippen molar-refractivity contribution in [2.45, 2.75) is 32.2 Å². The lowest BCUT2D eigenvalue weighted by atomic mass is 10.1. The standard InChI is InChI=1S/C22H19FN8O3/c1-12-7-15(23)14(8-18(12)30-9-17(24-11-30)13-5-6-13)22(34)26-19-4-2-3-16(25-19)21-27-28-29-31(21)10-20(32)33/h2-4,7-9,11,13H,5-6,10H2,1H3,(H,32,33)(H,25,26,34). The molecule has 5 rings (SSSR count). The summed E-state index contributed by atoms with van der Waals surface area (Å²) in [5.41, 5.74) is 2.41. The number of hydrogen-bond acceptors (Lipinski definition) is 7. The number of pyridine rings is 1. The van der Waals surface area contributed by atoms with Crippen LogP contribution in [0.25, 0.3) is 17.2 Å². The van der Waals surface area contributed by atoms with Crippen molar-refractivity contribution in [2.24, 2.45) is 0 Å². The van der Waals surface area contributed by atoms with Gasteiger partial charge in [-0.05, 0) is 60.0 Å². The minimum Gasteiger partial charge on any atom is -0.480 e. The molecule has 3 aromatic heterocycles. The number of aryl methyl sites for hydroxylation is 1. The third-order valence-corrected chi connectivity index (χ3v) is 5.44. The van der Waals surface area contributed by atoms with E-state index >= 15 is 0 Å². The Bertz CT molecular complexity index is 1410. The first-order valence-electron chi connectivity index (χ1n) is 10.5. The first kappa shape index (κ1) is 21.4. The molecule has 11 nitrogen and oxygen atoms in total. The number of nitrogens with one attached hydrogen (secondary N) is 1. The molecule has 1 aliphatic rings. The van der Waals surface area contributed by atoms with Crippen molar-refractivity contribution in [1.82, 2.24) is 34.7 Å². The topological polar surface area (TPSA) is 141 Å².